The van der Waals surface area contributed by atoms with Crippen molar-refractivity contribution in [1.29, 1.82) is 0 Å². The van der Waals surface area contributed by atoms with Crippen molar-refractivity contribution in [2.45, 2.75) is 31.7 Å². The topological polar surface area (TPSA) is 99.4 Å². The van der Waals surface area contributed by atoms with Gasteiger partial charge < -0.3 is 9.53 Å². The summed E-state index contributed by atoms with van der Waals surface area (Å²) in [6.45, 7) is 0. The molecule has 0 spiro atoms. The minimum absolute atomic E-state index is 0.174. The highest BCUT2D eigenvalue weighted by Gasteiger charge is 2.31. The lowest BCUT2D eigenvalue weighted by Gasteiger charge is -2.22. The number of nitrogens with zero attached hydrogens (tertiary/aromatic N) is 2. The molecule has 1 saturated heterocycles. The average Bonchev–Trinajstić information content (AvgIpc) is 2.90. The first-order valence-corrected chi connectivity index (χ1v) is 8.53. The molecule has 8 nitrogen and oxygen atoms in total. The van der Waals surface area contributed by atoms with Crippen LogP contribution in [0.3, 0.4) is 0 Å². The number of fused-ring (bicyclic) bond motifs is 1. The maximum atomic E-state index is 12.9. The molecular weight excluding hydrogens is 350 g/mol. The fourth-order valence-corrected chi connectivity index (χ4v) is 3.26. The van der Waals surface area contributed by atoms with Gasteiger partial charge in [-0.3, -0.25) is 24.0 Å². The zero-order valence-corrected chi connectivity index (χ0v) is 15.1. The first-order valence-electron chi connectivity index (χ1n) is 8.53. The van der Waals surface area contributed by atoms with Crippen molar-refractivity contribution < 1.29 is 19.1 Å². The fraction of sp³-hybridized carbons (Fsp3) is 0.368. The molecule has 1 fully saturated rings. The number of aromatic nitrogens is 2. The van der Waals surface area contributed by atoms with E-state index in [4.69, 9.17) is 4.74 Å². The van der Waals surface area contributed by atoms with Crippen LogP contribution in [0.1, 0.15) is 37.3 Å². The van der Waals surface area contributed by atoms with Crippen LogP contribution in [-0.2, 0) is 21.4 Å². The number of imide groups is 1. The Labute approximate surface area is 155 Å². The van der Waals surface area contributed by atoms with Gasteiger partial charge in [0.05, 0.1) is 23.7 Å². The van der Waals surface area contributed by atoms with Crippen LogP contribution in [0.4, 0.5) is 0 Å². The standard InChI is InChI=1S/C19H19N3O5/c1-21-17-12(6-4-3-5-11-23)15(27-2)9-7-13(17)22(19(21)26)14-8-10-16(24)20-18(14)25/h7,9,11,14H,3,5,8,10H2,1-2H3,(H,20,24,25). The van der Waals surface area contributed by atoms with Crippen molar-refractivity contribution in [2.75, 3.05) is 7.11 Å². The molecule has 27 heavy (non-hydrogen) atoms. The van der Waals surface area contributed by atoms with E-state index in [1.54, 1.807) is 19.2 Å². The monoisotopic (exact) mass is 369 g/mol. The van der Waals surface area contributed by atoms with Crippen molar-refractivity contribution in [1.82, 2.24) is 14.5 Å². The molecule has 0 bridgehead atoms. The molecule has 2 amide bonds. The molecule has 1 atom stereocenters. The maximum Gasteiger partial charge on any atom is 0.329 e. The smallest absolute Gasteiger partial charge is 0.329 e. The summed E-state index contributed by atoms with van der Waals surface area (Å²) in [5.41, 5.74) is 1.23. The molecule has 2 aromatic rings. The van der Waals surface area contributed by atoms with Gasteiger partial charge in [0, 0.05) is 26.3 Å². The van der Waals surface area contributed by atoms with Crippen molar-refractivity contribution in [3.63, 3.8) is 0 Å². The molecule has 0 saturated carbocycles. The van der Waals surface area contributed by atoms with Gasteiger partial charge in [0.25, 0.3) is 0 Å². The Morgan fingerprint density at radius 3 is 2.78 bits per heavy atom. The normalized spacial score (nSPS) is 16.6. The van der Waals surface area contributed by atoms with Crippen molar-refractivity contribution in [3.05, 3.63) is 28.2 Å². The van der Waals surface area contributed by atoms with Crippen LogP contribution in [0.25, 0.3) is 11.0 Å². The largest absolute Gasteiger partial charge is 0.495 e. The Hall–Kier alpha value is -3.34. The van der Waals surface area contributed by atoms with Gasteiger partial charge in [-0.1, -0.05) is 11.8 Å². The lowest BCUT2D eigenvalue weighted by atomic mass is 10.1. The highest BCUT2D eigenvalue weighted by molar-refractivity contribution is 6.00. The number of imidazole rings is 1. The summed E-state index contributed by atoms with van der Waals surface area (Å²) in [7, 11) is 3.11. The van der Waals surface area contributed by atoms with E-state index in [-0.39, 0.29) is 24.4 Å². The van der Waals surface area contributed by atoms with E-state index in [2.05, 4.69) is 17.2 Å². The van der Waals surface area contributed by atoms with Gasteiger partial charge in [0.2, 0.25) is 11.8 Å². The number of ether oxygens (including phenoxy) is 1. The van der Waals surface area contributed by atoms with E-state index in [0.717, 1.165) is 6.29 Å². The van der Waals surface area contributed by atoms with Gasteiger partial charge >= 0.3 is 5.69 Å². The number of benzene rings is 1. The summed E-state index contributed by atoms with van der Waals surface area (Å²) >= 11 is 0. The van der Waals surface area contributed by atoms with E-state index in [1.807, 2.05) is 0 Å². The Morgan fingerprint density at radius 1 is 1.33 bits per heavy atom. The fourth-order valence-electron chi connectivity index (χ4n) is 3.26. The van der Waals surface area contributed by atoms with E-state index >= 15 is 0 Å². The molecule has 8 heteroatoms. The Kier molecular flexibility index (Phi) is 5.12. The van der Waals surface area contributed by atoms with Crippen LogP contribution in [0.2, 0.25) is 0 Å². The van der Waals surface area contributed by atoms with E-state index in [9.17, 15) is 19.2 Å². The predicted molar refractivity (Wildman–Crippen MR) is 97.3 cm³/mol. The second kappa shape index (κ2) is 7.50. The quantitative estimate of drug-likeness (QED) is 0.369. The summed E-state index contributed by atoms with van der Waals surface area (Å²) in [6, 6.07) is 2.63. The zero-order valence-electron chi connectivity index (χ0n) is 15.1. The van der Waals surface area contributed by atoms with Gasteiger partial charge in [-0.2, -0.15) is 0 Å². The Morgan fingerprint density at radius 2 is 2.11 bits per heavy atom. The second-order valence-electron chi connectivity index (χ2n) is 6.20. The molecule has 1 unspecified atom stereocenters. The predicted octanol–water partition coefficient (Wildman–Crippen LogP) is 0.657. The zero-order chi connectivity index (χ0) is 19.6. The molecule has 1 aliphatic rings. The van der Waals surface area contributed by atoms with Gasteiger partial charge in [0.15, 0.2) is 0 Å². The first kappa shape index (κ1) is 18.5. The van der Waals surface area contributed by atoms with Gasteiger partial charge in [0.1, 0.15) is 18.1 Å². The van der Waals surface area contributed by atoms with Crippen molar-refractivity contribution in [3.8, 4) is 17.6 Å². The molecule has 0 aliphatic carbocycles. The molecule has 140 valence electrons. The number of hydrogen-bond acceptors (Lipinski definition) is 5. The van der Waals surface area contributed by atoms with Crippen LogP contribution in [0.5, 0.6) is 5.75 Å². The maximum absolute atomic E-state index is 12.9. The van der Waals surface area contributed by atoms with E-state index < -0.39 is 11.9 Å². The highest BCUT2D eigenvalue weighted by atomic mass is 16.5. The van der Waals surface area contributed by atoms with E-state index in [1.165, 1.54) is 16.2 Å². The number of rotatable bonds is 4. The van der Waals surface area contributed by atoms with E-state index in [0.29, 0.717) is 35.2 Å². The number of unbranched alkanes of at least 4 members (excludes halogenated alkanes) is 1. The average molecular weight is 369 g/mol. The number of carbonyl (C=O) groups is 3. The minimum atomic E-state index is -0.761. The highest BCUT2D eigenvalue weighted by Crippen LogP contribution is 2.29. The molecular formula is C19H19N3O5. The molecule has 1 aromatic heterocycles. The van der Waals surface area contributed by atoms with Crippen LogP contribution in [-0.4, -0.2) is 34.3 Å². The summed E-state index contributed by atoms with van der Waals surface area (Å²) in [4.78, 5) is 47.1. The number of amides is 2. The minimum Gasteiger partial charge on any atom is -0.495 e. The summed E-state index contributed by atoms with van der Waals surface area (Å²) in [6.07, 6.45) is 1.94. The van der Waals surface area contributed by atoms with Crippen molar-refractivity contribution >= 4 is 29.1 Å². The first-order chi connectivity index (χ1) is 13.0. The molecule has 3 rings (SSSR count). The Balaban J connectivity index is 2.21. The lowest BCUT2D eigenvalue weighted by Crippen LogP contribution is -2.44. The summed E-state index contributed by atoms with van der Waals surface area (Å²) in [5.74, 6) is 5.56. The van der Waals surface area contributed by atoms with Crippen LogP contribution < -0.4 is 15.7 Å². The van der Waals surface area contributed by atoms with Gasteiger partial charge in [-0.25, -0.2) is 4.79 Å². The number of carbonyl (C=O) groups excluding carboxylic acids is 3. The number of aldehydes is 1. The number of hydrogen-bond donors (Lipinski definition) is 1. The lowest BCUT2D eigenvalue weighted by molar-refractivity contribution is -0.135. The summed E-state index contributed by atoms with van der Waals surface area (Å²) in [5, 5.41) is 2.28. The van der Waals surface area contributed by atoms with Crippen LogP contribution in [0.15, 0.2) is 16.9 Å². The second-order valence-corrected chi connectivity index (χ2v) is 6.20. The molecule has 2 heterocycles. The number of aryl methyl sites for hydroxylation is 1. The third-order valence-electron chi connectivity index (χ3n) is 4.55. The SMILES string of the molecule is COc1ccc2c(c1C#CCCC=O)n(C)c(=O)n2C1CCC(=O)NC1=O. The third kappa shape index (κ3) is 3.24. The number of piperidine rings is 1. The van der Waals surface area contributed by atoms with Gasteiger partial charge in [-0.05, 0) is 18.6 Å². The molecule has 1 aromatic carbocycles. The number of nitrogens with one attached hydrogen (secondary N) is 1. The van der Waals surface area contributed by atoms with Gasteiger partial charge in [-0.15, -0.1) is 0 Å². The summed E-state index contributed by atoms with van der Waals surface area (Å²) < 4.78 is 8.19. The van der Waals surface area contributed by atoms with Crippen LogP contribution in [0, 0.1) is 11.8 Å². The molecule has 1 N–H and O–H groups in total. The van der Waals surface area contributed by atoms with Crippen molar-refractivity contribution in [2.24, 2.45) is 7.05 Å². The Bertz CT molecular complexity index is 1050. The molecule has 1 aliphatic heterocycles. The molecule has 0 radical (unpaired) electrons. The number of methoxy groups -OCH3 is 1. The third-order valence-corrected chi connectivity index (χ3v) is 4.55. The van der Waals surface area contributed by atoms with Crippen LogP contribution >= 0.6 is 0 Å².